The van der Waals surface area contributed by atoms with Crippen LogP contribution in [0.25, 0.3) is 11.3 Å². The van der Waals surface area contributed by atoms with Gasteiger partial charge in [-0.2, -0.15) is 0 Å². The van der Waals surface area contributed by atoms with Gasteiger partial charge in [-0.15, -0.1) is 0 Å². The summed E-state index contributed by atoms with van der Waals surface area (Å²) in [6, 6.07) is 8.06. The molecule has 4 heteroatoms. The number of benzene rings is 1. The summed E-state index contributed by atoms with van der Waals surface area (Å²) in [5.41, 5.74) is 9.61. The van der Waals surface area contributed by atoms with Crippen molar-refractivity contribution in [2.45, 2.75) is 40.3 Å². The lowest BCUT2D eigenvalue weighted by molar-refractivity contribution is 0.241. The van der Waals surface area contributed by atoms with Crippen LogP contribution in [0.3, 0.4) is 0 Å². The molecule has 0 bridgehead atoms. The average molecular weight is 271 g/mol. The Kier molecular flexibility index (Phi) is 4.35. The molecule has 1 aromatic carbocycles. The Bertz CT molecular complexity index is 609. The van der Waals surface area contributed by atoms with Crippen molar-refractivity contribution in [3.8, 4) is 17.0 Å². The number of nitrogens with zero attached hydrogens (tertiary/aromatic N) is 2. The van der Waals surface area contributed by atoms with E-state index in [1.165, 1.54) is 0 Å². The molecule has 0 amide bonds. The van der Waals surface area contributed by atoms with E-state index >= 15 is 0 Å². The molecule has 2 rings (SSSR count). The Morgan fingerprint density at radius 1 is 1.15 bits per heavy atom. The molecule has 0 saturated carbocycles. The van der Waals surface area contributed by atoms with Crippen LogP contribution >= 0.6 is 0 Å². The molecular weight excluding hydrogens is 250 g/mol. The maximum Gasteiger partial charge on any atom is 0.142 e. The number of hydrogen-bond donors (Lipinski definition) is 1. The molecule has 2 aromatic rings. The van der Waals surface area contributed by atoms with Crippen LogP contribution in [0, 0.1) is 13.8 Å². The van der Waals surface area contributed by atoms with Gasteiger partial charge in [-0.1, -0.05) is 0 Å². The zero-order valence-electron chi connectivity index (χ0n) is 12.5. The van der Waals surface area contributed by atoms with E-state index in [0.29, 0.717) is 12.4 Å². The molecule has 20 heavy (non-hydrogen) atoms. The van der Waals surface area contributed by atoms with E-state index in [1.807, 2.05) is 45.9 Å². The standard InChI is InChI=1S/C16H21N3O/c1-10(2)20-15-6-5-13(7-11(15)3)14-8-12(4)18-16(9-17)19-14/h5-8,10H,9,17H2,1-4H3. The molecule has 0 aliphatic rings. The molecular formula is C16H21N3O. The van der Waals surface area contributed by atoms with Crippen molar-refractivity contribution in [1.82, 2.24) is 9.97 Å². The summed E-state index contributed by atoms with van der Waals surface area (Å²) in [7, 11) is 0. The van der Waals surface area contributed by atoms with Crippen LogP contribution in [-0.2, 0) is 6.54 Å². The van der Waals surface area contributed by atoms with Crippen LogP contribution in [0.2, 0.25) is 0 Å². The molecule has 0 unspecified atom stereocenters. The first-order valence-electron chi connectivity index (χ1n) is 6.82. The van der Waals surface area contributed by atoms with E-state index < -0.39 is 0 Å². The predicted molar refractivity (Wildman–Crippen MR) is 80.6 cm³/mol. The number of ether oxygens (including phenoxy) is 1. The summed E-state index contributed by atoms with van der Waals surface area (Å²) >= 11 is 0. The molecule has 0 spiro atoms. The minimum atomic E-state index is 0.171. The molecule has 0 fully saturated rings. The number of rotatable bonds is 4. The third-order valence-electron chi connectivity index (χ3n) is 2.92. The van der Waals surface area contributed by atoms with E-state index in [-0.39, 0.29) is 6.10 Å². The number of nitrogens with two attached hydrogens (primary N) is 1. The Hall–Kier alpha value is -1.94. The summed E-state index contributed by atoms with van der Waals surface area (Å²) in [6.07, 6.45) is 0.171. The van der Waals surface area contributed by atoms with Gasteiger partial charge in [0.15, 0.2) is 0 Å². The molecule has 0 aliphatic carbocycles. The van der Waals surface area contributed by atoms with Gasteiger partial charge in [0.25, 0.3) is 0 Å². The number of aryl methyl sites for hydroxylation is 2. The van der Waals surface area contributed by atoms with Crippen molar-refractivity contribution in [2.24, 2.45) is 5.73 Å². The number of aromatic nitrogens is 2. The summed E-state index contributed by atoms with van der Waals surface area (Å²) in [4.78, 5) is 8.77. The van der Waals surface area contributed by atoms with Gasteiger partial charge < -0.3 is 10.5 Å². The second-order valence-electron chi connectivity index (χ2n) is 5.16. The highest BCUT2D eigenvalue weighted by Crippen LogP contribution is 2.26. The lowest BCUT2D eigenvalue weighted by Crippen LogP contribution is -2.07. The minimum Gasteiger partial charge on any atom is -0.491 e. The summed E-state index contributed by atoms with van der Waals surface area (Å²) in [5.74, 6) is 1.58. The fourth-order valence-electron chi connectivity index (χ4n) is 2.06. The van der Waals surface area contributed by atoms with Crippen molar-refractivity contribution < 1.29 is 4.74 Å². The largest absolute Gasteiger partial charge is 0.491 e. The maximum atomic E-state index is 5.75. The van der Waals surface area contributed by atoms with Crippen LogP contribution in [0.4, 0.5) is 0 Å². The summed E-state index contributed by atoms with van der Waals surface area (Å²) in [5, 5.41) is 0. The topological polar surface area (TPSA) is 61.0 Å². The van der Waals surface area contributed by atoms with Gasteiger partial charge in [-0.25, -0.2) is 9.97 Å². The first kappa shape index (κ1) is 14.5. The fourth-order valence-corrected chi connectivity index (χ4v) is 2.06. The highest BCUT2D eigenvalue weighted by Gasteiger charge is 2.07. The van der Waals surface area contributed by atoms with Crippen LogP contribution in [0.1, 0.15) is 30.9 Å². The highest BCUT2D eigenvalue weighted by atomic mass is 16.5. The van der Waals surface area contributed by atoms with Crippen LogP contribution < -0.4 is 10.5 Å². The molecule has 1 heterocycles. The predicted octanol–water partition coefficient (Wildman–Crippen LogP) is 3.01. The van der Waals surface area contributed by atoms with E-state index in [2.05, 4.69) is 16.0 Å². The monoisotopic (exact) mass is 271 g/mol. The molecule has 0 radical (unpaired) electrons. The Labute approximate surface area is 120 Å². The zero-order valence-corrected chi connectivity index (χ0v) is 12.5. The second-order valence-corrected chi connectivity index (χ2v) is 5.16. The summed E-state index contributed by atoms with van der Waals surface area (Å²) < 4.78 is 5.75. The third-order valence-corrected chi connectivity index (χ3v) is 2.92. The quantitative estimate of drug-likeness (QED) is 0.928. The molecule has 1 aromatic heterocycles. The van der Waals surface area contributed by atoms with Gasteiger partial charge in [0.2, 0.25) is 0 Å². The van der Waals surface area contributed by atoms with E-state index in [4.69, 9.17) is 10.5 Å². The maximum absolute atomic E-state index is 5.75. The van der Waals surface area contributed by atoms with Crippen molar-refractivity contribution in [3.05, 3.63) is 41.3 Å². The van der Waals surface area contributed by atoms with Crippen molar-refractivity contribution in [1.29, 1.82) is 0 Å². The number of hydrogen-bond acceptors (Lipinski definition) is 4. The fraction of sp³-hybridized carbons (Fsp3) is 0.375. The summed E-state index contributed by atoms with van der Waals surface area (Å²) in [6.45, 7) is 8.39. The normalized spacial score (nSPS) is 10.9. The second kappa shape index (κ2) is 6.01. The van der Waals surface area contributed by atoms with E-state index in [9.17, 15) is 0 Å². The Balaban J connectivity index is 2.38. The molecule has 2 N–H and O–H groups in total. The van der Waals surface area contributed by atoms with Crippen LogP contribution in [-0.4, -0.2) is 16.1 Å². The molecule has 0 aliphatic heterocycles. The first-order chi connectivity index (χ1) is 9.49. The molecule has 0 saturated heterocycles. The van der Waals surface area contributed by atoms with Gasteiger partial charge in [0, 0.05) is 11.3 Å². The Morgan fingerprint density at radius 3 is 2.50 bits per heavy atom. The van der Waals surface area contributed by atoms with Gasteiger partial charge in [-0.05, 0) is 57.5 Å². The minimum absolute atomic E-state index is 0.171. The highest BCUT2D eigenvalue weighted by molar-refractivity contribution is 5.62. The van der Waals surface area contributed by atoms with Crippen LogP contribution in [0.5, 0.6) is 5.75 Å². The lowest BCUT2D eigenvalue weighted by Gasteiger charge is -2.13. The SMILES string of the molecule is Cc1cc(-c2ccc(OC(C)C)c(C)c2)nc(CN)n1. The van der Waals surface area contributed by atoms with Gasteiger partial charge in [0.05, 0.1) is 18.3 Å². The van der Waals surface area contributed by atoms with E-state index in [0.717, 1.165) is 28.3 Å². The lowest BCUT2D eigenvalue weighted by atomic mass is 10.1. The van der Waals surface area contributed by atoms with Gasteiger partial charge in [-0.3, -0.25) is 0 Å². The van der Waals surface area contributed by atoms with Gasteiger partial charge in [0.1, 0.15) is 11.6 Å². The van der Waals surface area contributed by atoms with Crippen molar-refractivity contribution in [3.63, 3.8) is 0 Å². The Morgan fingerprint density at radius 2 is 1.90 bits per heavy atom. The smallest absolute Gasteiger partial charge is 0.142 e. The zero-order chi connectivity index (χ0) is 14.7. The van der Waals surface area contributed by atoms with Crippen molar-refractivity contribution in [2.75, 3.05) is 0 Å². The molecule has 106 valence electrons. The average Bonchev–Trinajstić information content (AvgIpc) is 2.39. The third kappa shape index (κ3) is 3.33. The van der Waals surface area contributed by atoms with Gasteiger partial charge >= 0.3 is 0 Å². The molecule has 4 nitrogen and oxygen atoms in total. The molecule has 0 atom stereocenters. The van der Waals surface area contributed by atoms with E-state index in [1.54, 1.807) is 0 Å². The first-order valence-corrected chi connectivity index (χ1v) is 6.82. The van der Waals surface area contributed by atoms with Crippen LogP contribution in [0.15, 0.2) is 24.3 Å². The van der Waals surface area contributed by atoms with Crippen molar-refractivity contribution >= 4 is 0 Å².